The molecule has 6 atom stereocenters. The zero-order valence-corrected chi connectivity index (χ0v) is 24.1. The first kappa shape index (κ1) is 28.6. The van der Waals surface area contributed by atoms with E-state index in [1.807, 2.05) is 48.5 Å². The Morgan fingerprint density at radius 2 is 1.73 bits per heavy atom. The van der Waals surface area contributed by atoms with Gasteiger partial charge in [-0.3, -0.25) is 0 Å². The third-order valence-corrected chi connectivity index (χ3v) is 8.27. The fraction of sp³-hybridized carbons (Fsp3) is 0.485. The molecule has 3 fully saturated rings. The molecule has 2 aromatic rings. The number of rotatable bonds is 11. The molecule has 2 aliphatic heterocycles. The zero-order chi connectivity index (χ0) is 28.3. The number of methoxy groups -OCH3 is 2. The lowest BCUT2D eigenvalue weighted by atomic mass is 9.68. The van der Waals surface area contributed by atoms with Crippen molar-refractivity contribution in [3.05, 3.63) is 77.4 Å². The molecule has 0 aromatic heterocycles. The minimum absolute atomic E-state index is 0.000169. The number of hydrogen-bond donors (Lipinski definition) is 0. The quantitative estimate of drug-likeness (QED) is 0.142. The van der Waals surface area contributed by atoms with E-state index in [0.29, 0.717) is 25.4 Å². The van der Waals surface area contributed by atoms with Gasteiger partial charge in [0.25, 0.3) is 0 Å². The number of hydrogen-bond acceptors (Lipinski definition) is 7. The van der Waals surface area contributed by atoms with Crippen LogP contribution in [0, 0.1) is 5.92 Å². The van der Waals surface area contributed by atoms with E-state index < -0.39 is 5.97 Å². The molecule has 1 saturated carbocycles. The van der Waals surface area contributed by atoms with Crippen molar-refractivity contribution < 1.29 is 33.2 Å². The van der Waals surface area contributed by atoms with E-state index in [9.17, 15) is 4.79 Å². The van der Waals surface area contributed by atoms with E-state index in [1.54, 1.807) is 20.3 Å². The normalized spacial score (nSPS) is 30.7. The topological polar surface area (TPSA) is 79.1 Å². The van der Waals surface area contributed by atoms with Crippen LogP contribution in [-0.2, 0) is 35.1 Å². The van der Waals surface area contributed by atoms with Gasteiger partial charge >= 0.3 is 5.97 Å². The SMILES string of the molecule is COCc1ccc(Oc2ccc(/C=C/C(=O)O[C@@H]3CC[C@]4(CO4)[C@@H](C4(C)OC4CC=C(C)C)[C@@H]3OC)cc2)cc1. The van der Waals surface area contributed by atoms with Crippen molar-refractivity contribution in [2.24, 2.45) is 5.92 Å². The van der Waals surface area contributed by atoms with Gasteiger partial charge in [0.15, 0.2) is 0 Å². The molecule has 0 amide bonds. The second-order valence-corrected chi connectivity index (χ2v) is 11.4. The highest BCUT2D eigenvalue weighted by atomic mass is 16.6. The molecule has 7 heteroatoms. The van der Waals surface area contributed by atoms with Gasteiger partial charge in [0, 0.05) is 20.3 Å². The van der Waals surface area contributed by atoms with E-state index in [2.05, 4.69) is 26.8 Å². The number of allylic oxidation sites excluding steroid dienone is 1. The van der Waals surface area contributed by atoms with E-state index in [0.717, 1.165) is 29.7 Å². The summed E-state index contributed by atoms with van der Waals surface area (Å²) in [5.74, 6) is 1.07. The van der Waals surface area contributed by atoms with Crippen LogP contribution in [0.2, 0.25) is 0 Å². The summed E-state index contributed by atoms with van der Waals surface area (Å²) in [6.45, 7) is 7.60. The molecule has 3 aliphatic rings. The van der Waals surface area contributed by atoms with Crippen LogP contribution >= 0.6 is 0 Å². The Morgan fingerprint density at radius 3 is 2.33 bits per heavy atom. The third-order valence-electron chi connectivity index (χ3n) is 8.27. The predicted molar refractivity (Wildman–Crippen MR) is 152 cm³/mol. The molecule has 5 rings (SSSR count). The van der Waals surface area contributed by atoms with Crippen LogP contribution in [0.4, 0.5) is 0 Å². The zero-order valence-electron chi connectivity index (χ0n) is 24.1. The van der Waals surface area contributed by atoms with Crippen molar-refractivity contribution in [3.63, 3.8) is 0 Å². The van der Waals surface area contributed by atoms with Gasteiger partial charge in [0.2, 0.25) is 0 Å². The fourth-order valence-corrected chi connectivity index (χ4v) is 6.03. The number of epoxide rings is 2. The summed E-state index contributed by atoms with van der Waals surface area (Å²) in [7, 11) is 3.36. The molecule has 2 heterocycles. The summed E-state index contributed by atoms with van der Waals surface area (Å²) in [6.07, 6.45) is 7.27. The van der Waals surface area contributed by atoms with Crippen LogP contribution in [0.25, 0.3) is 6.08 Å². The second-order valence-electron chi connectivity index (χ2n) is 11.4. The van der Waals surface area contributed by atoms with Crippen molar-refractivity contribution in [3.8, 4) is 11.5 Å². The molecule has 1 spiro atoms. The molecular formula is C33H40O7. The molecule has 2 unspecified atom stereocenters. The number of benzene rings is 2. The van der Waals surface area contributed by atoms with Crippen LogP contribution in [0.15, 0.2) is 66.3 Å². The van der Waals surface area contributed by atoms with Gasteiger partial charge < -0.3 is 28.4 Å². The highest BCUT2D eigenvalue weighted by Gasteiger charge is 2.72. The molecular weight excluding hydrogens is 508 g/mol. The Balaban J connectivity index is 1.18. The fourth-order valence-electron chi connectivity index (χ4n) is 6.03. The number of ether oxygens (including phenoxy) is 6. The molecule has 40 heavy (non-hydrogen) atoms. The highest BCUT2D eigenvalue weighted by Crippen LogP contribution is 2.59. The number of esters is 1. The van der Waals surface area contributed by atoms with Crippen molar-refractivity contribution in [2.45, 2.75) is 76.2 Å². The smallest absolute Gasteiger partial charge is 0.331 e. The first-order valence-electron chi connectivity index (χ1n) is 14.0. The monoisotopic (exact) mass is 548 g/mol. The van der Waals surface area contributed by atoms with Gasteiger partial charge in [0.05, 0.1) is 25.2 Å². The largest absolute Gasteiger partial charge is 0.457 e. The Hall–Kier alpha value is -2.97. The van der Waals surface area contributed by atoms with Crippen molar-refractivity contribution >= 4 is 12.0 Å². The van der Waals surface area contributed by atoms with Gasteiger partial charge in [-0.05, 0) is 81.5 Å². The van der Waals surface area contributed by atoms with Gasteiger partial charge in [-0.2, -0.15) is 0 Å². The molecule has 214 valence electrons. The average Bonchev–Trinajstić information content (AvgIpc) is 3.86. The van der Waals surface area contributed by atoms with Crippen molar-refractivity contribution in [1.82, 2.24) is 0 Å². The van der Waals surface area contributed by atoms with Crippen molar-refractivity contribution in [2.75, 3.05) is 20.8 Å². The van der Waals surface area contributed by atoms with Gasteiger partial charge in [-0.15, -0.1) is 0 Å². The molecule has 0 N–H and O–H groups in total. The lowest BCUT2D eigenvalue weighted by Crippen LogP contribution is -2.55. The predicted octanol–water partition coefficient (Wildman–Crippen LogP) is 6.26. The van der Waals surface area contributed by atoms with Gasteiger partial charge in [-0.25, -0.2) is 4.79 Å². The van der Waals surface area contributed by atoms with Crippen LogP contribution in [-0.4, -0.2) is 56.3 Å². The third kappa shape index (κ3) is 6.33. The summed E-state index contributed by atoms with van der Waals surface area (Å²) >= 11 is 0. The Morgan fingerprint density at radius 1 is 1.05 bits per heavy atom. The van der Waals surface area contributed by atoms with E-state index in [4.69, 9.17) is 28.4 Å². The Bertz CT molecular complexity index is 1220. The lowest BCUT2D eigenvalue weighted by molar-refractivity contribution is -0.166. The molecule has 2 aromatic carbocycles. The molecule has 2 saturated heterocycles. The minimum Gasteiger partial charge on any atom is -0.457 e. The standard InChI is InChI=1S/C33H40O7/c1-22(2)6-16-28-32(3,40-28)31-30(36-5)27(18-19-33(31)21-37-33)39-29(34)17-11-23-7-12-25(13-8-23)38-26-14-9-24(10-15-26)20-35-4/h6-15,17,27-28,30-31H,16,18-21H2,1-5H3/b17-11+/t27-,28?,30-,31-,32?,33+/m1/s1. The number of carbonyl (C=O) groups is 1. The Kier molecular flexibility index (Phi) is 8.47. The maximum atomic E-state index is 12.9. The summed E-state index contributed by atoms with van der Waals surface area (Å²) in [5.41, 5.74) is 2.62. The van der Waals surface area contributed by atoms with Gasteiger partial charge in [0.1, 0.15) is 34.9 Å². The Labute approximate surface area is 237 Å². The molecule has 7 nitrogen and oxygen atoms in total. The van der Waals surface area contributed by atoms with Crippen LogP contribution < -0.4 is 4.74 Å². The lowest BCUT2D eigenvalue weighted by Gasteiger charge is -2.42. The number of carbonyl (C=O) groups excluding carboxylic acids is 1. The average molecular weight is 549 g/mol. The van der Waals surface area contributed by atoms with Crippen molar-refractivity contribution in [1.29, 1.82) is 0 Å². The van der Waals surface area contributed by atoms with E-state index in [1.165, 1.54) is 11.6 Å². The molecule has 1 aliphatic carbocycles. The minimum atomic E-state index is -0.391. The van der Waals surface area contributed by atoms with Gasteiger partial charge in [-0.1, -0.05) is 35.9 Å². The second kappa shape index (κ2) is 11.9. The summed E-state index contributed by atoms with van der Waals surface area (Å²) < 4.78 is 35.2. The molecule has 0 radical (unpaired) electrons. The first-order chi connectivity index (χ1) is 19.3. The van der Waals surface area contributed by atoms with Crippen LogP contribution in [0.3, 0.4) is 0 Å². The van der Waals surface area contributed by atoms with Crippen LogP contribution in [0.5, 0.6) is 11.5 Å². The molecule has 0 bridgehead atoms. The summed E-state index contributed by atoms with van der Waals surface area (Å²) in [5, 5.41) is 0. The first-order valence-corrected chi connectivity index (χ1v) is 14.0. The van der Waals surface area contributed by atoms with Crippen LogP contribution in [0.1, 0.15) is 51.2 Å². The van der Waals surface area contributed by atoms with E-state index in [-0.39, 0.29) is 35.4 Å². The maximum Gasteiger partial charge on any atom is 0.331 e. The summed E-state index contributed by atoms with van der Waals surface area (Å²) in [4.78, 5) is 12.9. The van der Waals surface area contributed by atoms with E-state index >= 15 is 0 Å². The maximum absolute atomic E-state index is 12.9. The highest BCUT2D eigenvalue weighted by molar-refractivity contribution is 5.87. The summed E-state index contributed by atoms with van der Waals surface area (Å²) in [6, 6.07) is 15.3.